The van der Waals surface area contributed by atoms with E-state index in [4.69, 9.17) is 0 Å². The number of benzene rings is 1. The molecule has 0 saturated carbocycles. The first-order valence-electron chi connectivity index (χ1n) is 5.16. The van der Waals surface area contributed by atoms with Crippen LogP contribution in [0.3, 0.4) is 0 Å². The molecule has 0 atom stereocenters. The average Bonchev–Trinajstić information content (AvgIpc) is 2.30. The van der Waals surface area contributed by atoms with E-state index < -0.39 is 11.6 Å². The van der Waals surface area contributed by atoms with Gasteiger partial charge in [0.25, 0.3) is 0 Å². The van der Waals surface area contributed by atoms with Gasteiger partial charge in [0.05, 0.1) is 4.47 Å². The van der Waals surface area contributed by atoms with Crippen LogP contribution < -0.4 is 0 Å². The van der Waals surface area contributed by atoms with Gasteiger partial charge in [-0.15, -0.1) is 13.2 Å². The molecule has 1 aromatic rings. The van der Waals surface area contributed by atoms with E-state index >= 15 is 0 Å². The Hall–Kier alpha value is -1.00. The molecule has 17 heavy (non-hydrogen) atoms. The van der Waals surface area contributed by atoms with Crippen LogP contribution in [0.2, 0.25) is 0 Å². The van der Waals surface area contributed by atoms with Gasteiger partial charge in [-0.05, 0) is 22.0 Å². The third-order valence-corrected chi connectivity index (χ3v) is 2.90. The summed E-state index contributed by atoms with van der Waals surface area (Å²) in [4.78, 5) is 1.91. The molecule has 0 fully saturated rings. The summed E-state index contributed by atoms with van der Waals surface area (Å²) in [5.41, 5.74) is 0.328. The summed E-state index contributed by atoms with van der Waals surface area (Å²) in [7, 11) is 0. The second-order valence-corrected chi connectivity index (χ2v) is 4.46. The molecule has 0 saturated heterocycles. The number of hydrogen-bond acceptors (Lipinski definition) is 1. The Bertz CT molecular complexity index is 408. The molecule has 0 spiro atoms. The minimum atomic E-state index is -0.848. The zero-order valence-electron chi connectivity index (χ0n) is 9.43. The molecule has 4 heteroatoms. The van der Waals surface area contributed by atoms with Gasteiger partial charge in [0.1, 0.15) is 0 Å². The third kappa shape index (κ3) is 3.75. The Labute approximate surface area is 109 Å². The van der Waals surface area contributed by atoms with Crippen molar-refractivity contribution < 1.29 is 8.78 Å². The highest BCUT2D eigenvalue weighted by Crippen LogP contribution is 2.21. The summed E-state index contributed by atoms with van der Waals surface area (Å²) in [5.74, 6) is -1.66. The lowest BCUT2D eigenvalue weighted by Crippen LogP contribution is -2.24. The van der Waals surface area contributed by atoms with Crippen molar-refractivity contribution in [2.24, 2.45) is 0 Å². The first-order valence-corrected chi connectivity index (χ1v) is 5.96. The molecule has 0 unspecified atom stereocenters. The van der Waals surface area contributed by atoms with Gasteiger partial charge >= 0.3 is 0 Å². The largest absolute Gasteiger partial charge is 0.292 e. The molecule has 0 aliphatic heterocycles. The lowest BCUT2D eigenvalue weighted by molar-refractivity contribution is 0.319. The first-order chi connectivity index (χ1) is 8.10. The first kappa shape index (κ1) is 14.1. The quantitative estimate of drug-likeness (QED) is 0.569. The van der Waals surface area contributed by atoms with Crippen molar-refractivity contribution in [2.75, 3.05) is 13.1 Å². The Morgan fingerprint density at radius 2 is 1.71 bits per heavy atom. The molecule has 0 radical (unpaired) electrons. The lowest BCUT2D eigenvalue weighted by Gasteiger charge is -2.19. The van der Waals surface area contributed by atoms with E-state index in [9.17, 15) is 8.78 Å². The Morgan fingerprint density at radius 3 is 2.24 bits per heavy atom. The predicted octanol–water partition coefficient (Wildman–Crippen LogP) is 3.90. The van der Waals surface area contributed by atoms with Gasteiger partial charge in [-0.2, -0.15) is 0 Å². The van der Waals surface area contributed by atoms with Crippen LogP contribution in [-0.2, 0) is 6.54 Å². The topological polar surface area (TPSA) is 3.24 Å². The summed E-state index contributed by atoms with van der Waals surface area (Å²) in [6.07, 6.45) is 3.44. The normalized spacial score (nSPS) is 10.6. The Kier molecular flexibility index (Phi) is 5.51. The molecule has 0 aromatic heterocycles. The van der Waals surface area contributed by atoms with E-state index in [1.54, 1.807) is 18.2 Å². The fourth-order valence-electron chi connectivity index (χ4n) is 1.50. The second-order valence-electron chi connectivity index (χ2n) is 3.61. The molecule has 0 aliphatic carbocycles. The van der Waals surface area contributed by atoms with Gasteiger partial charge in [0.15, 0.2) is 11.6 Å². The van der Waals surface area contributed by atoms with Crippen LogP contribution >= 0.6 is 15.9 Å². The molecule has 0 N–H and O–H groups in total. The van der Waals surface area contributed by atoms with E-state index in [0.29, 0.717) is 25.2 Å². The van der Waals surface area contributed by atoms with Crippen LogP contribution in [0.5, 0.6) is 0 Å². The third-order valence-electron chi connectivity index (χ3n) is 2.28. The van der Waals surface area contributed by atoms with Crippen molar-refractivity contribution in [3.8, 4) is 0 Å². The number of halogens is 3. The number of hydrogen-bond donors (Lipinski definition) is 0. The van der Waals surface area contributed by atoms with E-state index in [1.165, 1.54) is 6.07 Å². The van der Waals surface area contributed by atoms with Crippen molar-refractivity contribution in [1.29, 1.82) is 0 Å². The van der Waals surface area contributed by atoms with Gasteiger partial charge in [-0.1, -0.05) is 18.2 Å². The lowest BCUT2D eigenvalue weighted by atomic mass is 10.2. The zero-order chi connectivity index (χ0) is 12.8. The van der Waals surface area contributed by atoms with Gasteiger partial charge < -0.3 is 0 Å². The minimum absolute atomic E-state index is 0.137. The van der Waals surface area contributed by atoms with Crippen LogP contribution in [0.1, 0.15) is 5.56 Å². The van der Waals surface area contributed by atoms with Gasteiger partial charge in [-0.25, -0.2) is 8.78 Å². The Morgan fingerprint density at radius 1 is 1.12 bits per heavy atom. The Balaban J connectivity index is 2.89. The molecule has 1 nitrogen and oxygen atoms in total. The number of rotatable bonds is 6. The van der Waals surface area contributed by atoms with E-state index in [2.05, 4.69) is 29.1 Å². The predicted molar refractivity (Wildman–Crippen MR) is 69.7 cm³/mol. The molecular weight excluding hydrogens is 288 g/mol. The summed E-state index contributed by atoms with van der Waals surface area (Å²) >= 11 is 2.95. The van der Waals surface area contributed by atoms with Crippen LogP contribution in [0.25, 0.3) is 0 Å². The molecule has 0 bridgehead atoms. The van der Waals surface area contributed by atoms with E-state index in [1.807, 2.05) is 4.90 Å². The molecule has 1 aromatic carbocycles. The highest BCUT2D eigenvalue weighted by atomic mass is 79.9. The van der Waals surface area contributed by atoms with Crippen LogP contribution in [-0.4, -0.2) is 18.0 Å². The van der Waals surface area contributed by atoms with Crippen LogP contribution in [0.4, 0.5) is 8.78 Å². The fourth-order valence-corrected chi connectivity index (χ4v) is 1.80. The maximum absolute atomic E-state index is 13.6. The van der Waals surface area contributed by atoms with Crippen LogP contribution in [0.15, 0.2) is 41.9 Å². The molecule has 0 aliphatic rings. The van der Waals surface area contributed by atoms with Crippen molar-refractivity contribution in [3.63, 3.8) is 0 Å². The molecule has 92 valence electrons. The summed E-state index contributed by atoms with van der Waals surface area (Å²) in [5, 5.41) is 0. The van der Waals surface area contributed by atoms with Crippen molar-refractivity contribution >= 4 is 15.9 Å². The SMILES string of the molecule is C=CCN(CC=C)Cc1ccc(Br)c(F)c1F. The molecule has 1 rings (SSSR count). The van der Waals surface area contributed by atoms with E-state index in [-0.39, 0.29) is 4.47 Å². The smallest absolute Gasteiger partial charge is 0.173 e. The van der Waals surface area contributed by atoms with Crippen LogP contribution in [0, 0.1) is 11.6 Å². The fraction of sp³-hybridized carbons (Fsp3) is 0.231. The van der Waals surface area contributed by atoms with E-state index in [0.717, 1.165) is 0 Å². The van der Waals surface area contributed by atoms with Crippen molar-refractivity contribution in [1.82, 2.24) is 4.90 Å². The minimum Gasteiger partial charge on any atom is -0.292 e. The molecular formula is C13H14BrF2N. The standard InChI is InChI=1S/C13H14BrF2N/c1-3-7-17(8-4-2)9-10-5-6-11(14)13(16)12(10)15/h3-6H,1-2,7-9H2. The van der Waals surface area contributed by atoms with Gasteiger partial charge in [0, 0.05) is 25.2 Å². The molecule has 0 amide bonds. The zero-order valence-corrected chi connectivity index (χ0v) is 11.0. The highest BCUT2D eigenvalue weighted by molar-refractivity contribution is 9.10. The van der Waals surface area contributed by atoms with Crippen molar-refractivity contribution in [3.05, 3.63) is 59.1 Å². The summed E-state index contributed by atoms with van der Waals surface area (Å²) in [6.45, 7) is 8.78. The summed E-state index contributed by atoms with van der Waals surface area (Å²) in [6, 6.07) is 3.08. The van der Waals surface area contributed by atoms with Gasteiger partial charge in [-0.3, -0.25) is 4.90 Å². The second kappa shape index (κ2) is 6.67. The highest BCUT2D eigenvalue weighted by Gasteiger charge is 2.13. The summed E-state index contributed by atoms with van der Waals surface area (Å²) < 4.78 is 27.1. The number of nitrogens with zero attached hydrogens (tertiary/aromatic N) is 1. The van der Waals surface area contributed by atoms with Crippen molar-refractivity contribution in [2.45, 2.75) is 6.54 Å². The maximum atomic E-state index is 13.6. The maximum Gasteiger partial charge on any atom is 0.173 e. The van der Waals surface area contributed by atoms with Gasteiger partial charge in [0.2, 0.25) is 0 Å². The monoisotopic (exact) mass is 301 g/mol. The average molecular weight is 302 g/mol. The molecule has 0 heterocycles.